The van der Waals surface area contributed by atoms with E-state index in [0.29, 0.717) is 33.8 Å². The van der Waals surface area contributed by atoms with Crippen LogP contribution in [0.15, 0.2) is 52.9 Å². The Morgan fingerprint density at radius 1 is 1.32 bits per heavy atom. The van der Waals surface area contributed by atoms with Gasteiger partial charge in [-0.2, -0.15) is 10.2 Å². The van der Waals surface area contributed by atoms with Crippen molar-refractivity contribution in [1.29, 1.82) is 5.26 Å². The minimum absolute atomic E-state index is 0.369. The molecule has 0 saturated carbocycles. The first-order valence-electron chi connectivity index (χ1n) is 7.33. The predicted octanol–water partition coefficient (Wildman–Crippen LogP) is 3.17. The molecule has 0 amide bonds. The number of pyridine rings is 2. The molecule has 2 aromatic heterocycles. The number of aromatic nitrogens is 4. The van der Waals surface area contributed by atoms with Gasteiger partial charge in [0.25, 0.3) is 0 Å². The molecule has 122 valence electrons. The van der Waals surface area contributed by atoms with Crippen molar-refractivity contribution in [3.63, 3.8) is 0 Å². The standard InChI is InChI=1S/C17H10ClN5OS/c18-15-4-3-11(8-20-15)9-22-5-1-2-14-16(22)21-17(24)23(14)12-6-13(7-19)25-10-12/h1-6,8,10H,9H2. The van der Waals surface area contributed by atoms with Gasteiger partial charge < -0.3 is 4.57 Å². The highest BCUT2D eigenvalue weighted by atomic mass is 35.5. The minimum Gasteiger partial charge on any atom is -0.327 e. The Balaban J connectivity index is 1.78. The molecule has 0 atom stereocenters. The summed E-state index contributed by atoms with van der Waals surface area (Å²) in [5, 5.41) is 11.2. The maximum absolute atomic E-state index is 12.4. The van der Waals surface area contributed by atoms with E-state index < -0.39 is 0 Å². The summed E-state index contributed by atoms with van der Waals surface area (Å²) in [6, 6.07) is 11.1. The number of rotatable bonds is 3. The van der Waals surface area contributed by atoms with Crippen LogP contribution in [0.25, 0.3) is 17.2 Å². The van der Waals surface area contributed by atoms with Gasteiger partial charge >= 0.3 is 5.69 Å². The number of hydrogen-bond donors (Lipinski definition) is 0. The molecule has 6 nitrogen and oxygen atoms in total. The van der Waals surface area contributed by atoms with Gasteiger partial charge in [-0.3, -0.25) is 4.57 Å². The minimum atomic E-state index is -0.369. The Bertz CT molecular complexity index is 1120. The zero-order valence-corrected chi connectivity index (χ0v) is 14.3. The van der Waals surface area contributed by atoms with Gasteiger partial charge in [-0.05, 0) is 29.8 Å². The van der Waals surface area contributed by atoms with Gasteiger partial charge in [-0.15, -0.1) is 11.3 Å². The number of imidazole rings is 1. The second-order valence-electron chi connectivity index (χ2n) is 5.34. The average molecular weight is 368 g/mol. The van der Waals surface area contributed by atoms with Crippen molar-refractivity contribution < 1.29 is 0 Å². The number of thiophene rings is 1. The Hall–Kier alpha value is -2.95. The lowest BCUT2D eigenvalue weighted by molar-refractivity contribution is 0.779. The van der Waals surface area contributed by atoms with E-state index in [4.69, 9.17) is 16.9 Å². The molecule has 2 aromatic rings. The van der Waals surface area contributed by atoms with Crippen LogP contribution in [0.2, 0.25) is 5.15 Å². The van der Waals surface area contributed by atoms with E-state index in [-0.39, 0.29) is 5.69 Å². The van der Waals surface area contributed by atoms with E-state index in [1.807, 2.05) is 29.0 Å². The fourth-order valence-corrected chi connectivity index (χ4v) is 3.42. The van der Waals surface area contributed by atoms with Gasteiger partial charge in [-0.25, -0.2) is 9.78 Å². The topological polar surface area (TPSA) is 76.5 Å². The van der Waals surface area contributed by atoms with Crippen molar-refractivity contribution in [1.82, 2.24) is 19.1 Å². The number of fused-ring (bicyclic) bond motifs is 1. The van der Waals surface area contributed by atoms with Gasteiger partial charge in [0.15, 0.2) is 5.82 Å². The molecule has 0 bridgehead atoms. The van der Waals surface area contributed by atoms with Crippen molar-refractivity contribution in [2.45, 2.75) is 6.54 Å². The van der Waals surface area contributed by atoms with E-state index in [2.05, 4.69) is 16.0 Å². The van der Waals surface area contributed by atoms with Crippen LogP contribution in [0.3, 0.4) is 0 Å². The molecule has 0 fully saturated rings. The lowest BCUT2D eigenvalue weighted by Gasteiger charge is -2.12. The van der Waals surface area contributed by atoms with Crippen molar-refractivity contribution in [2.75, 3.05) is 0 Å². The van der Waals surface area contributed by atoms with Gasteiger partial charge in [-0.1, -0.05) is 17.7 Å². The third kappa shape index (κ3) is 2.82. The fraction of sp³-hybridized carbons (Fsp3) is 0.0588. The Morgan fingerprint density at radius 3 is 2.92 bits per heavy atom. The van der Waals surface area contributed by atoms with Crippen LogP contribution in [0.5, 0.6) is 0 Å². The molecule has 4 rings (SSSR count). The number of nitrogens with zero attached hydrogens (tertiary/aromatic N) is 5. The van der Waals surface area contributed by atoms with Gasteiger partial charge in [0.05, 0.1) is 17.9 Å². The van der Waals surface area contributed by atoms with Crippen molar-refractivity contribution in [2.24, 2.45) is 0 Å². The highest BCUT2D eigenvalue weighted by Crippen LogP contribution is 2.25. The molecule has 0 N–H and O–H groups in total. The largest absolute Gasteiger partial charge is 0.354 e. The van der Waals surface area contributed by atoms with E-state index in [1.165, 1.54) is 15.9 Å². The van der Waals surface area contributed by atoms with Crippen LogP contribution in [-0.2, 0) is 6.54 Å². The van der Waals surface area contributed by atoms with Crippen LogP contribution < -0.4 is 5.69 Å². The molecule has 2 aliphatic rings. The van der Waals surface area contributed by atoms with Crippen LogP contribution in [0, 0.1) is 11.3 Å². The van der Waals surface area contributed by atoms with Crippen LogP contribution in [0.1, 0.15) is 10.4 Å². The third-order valence-corrected chi connectivity index (χ3v) is 4.80. The highest BCUT2D eigenvalue weighted by Gasteiger charge is 2.19. The molecule has 0 saturated heterocycles. The molecular formula is C17H10ClN5OS. The molecule has 25 heavy (non-hydrogen) atoms. The summed E-state index contributed by atoms with van der Waals surface area (Å²) in [6.07, 6.45) is 3.56. The first kappa shape index (κ1) is 15.6. The number of nitriles is 1. The Morgan fingerprint density at radius 2 is 2.20 bits per heavy atom. The second-order valence-corrected chi connectivity index (χ2v) is 6.64. The van der Waals surface area contributed by atoms with Gasteiger partial charge in [0.2, 0.25) is 0 Å². The molecule has 4 heterocycles. The van der Waals surface area contributed by atoms with E-state index >= 15 is 0 Å². The summed E-state index contributed by atoms with van der Waals surface area (Å²) in [5.74, 6) is 0.576. The van der Waals surface area contributed by atoms with Crippen molar-refractivity contribution in [3.05, 3.63) is 74.2 Å². The van der Waals surface area contributed by atoms with E-state index in [9.17, 15) is 4.79 Å². The van der Waals surface area contributed by atoms with Crippen molar-refractivity contribution in [3.8, 4) is 23.3 Å². The molecule has 8 heteroatoms. The predicted molar refractivity (Wildman–Crippen MR) is 95.4 cm³/mol. The molecule has 2 aliphatic heterocycles. The molecule has 0 spiro atoms. The summed E-state index contributed by atoms with van der Waals surface area (Å²) < 4.78 is 3.40. The monoisotopic (exact) mass is 367 g/mol. The van der Waals surface area contributed by atoms with E-state index in [0.717, 1.165) is 5.56 Å². The lowest BCUT2D eigenvalue weighted by atomic mass is 10.2. The first-order chi connectivity index (χ1) is 12.2. The summed E-state index contributed by atoms with van der Waals surface area (Å²) in [7, 11) is 0. The summed E-state index contributed by atoms with van der Waals surface area (Å²) >= 11 is 7.12. The molecule has 0 radical (unpaired) electrons. The Labute approximate surface area is 151 Å². The van der Waals surface area contributed by atoms with Crippen LogP contribution in [0.4, 0.5) is 0 Å². The second kappa shape index (κ2) is 6.16. The maximum atomic E-state index is 12.4. The lowest BCUT2D eigenvalue weighted by Crippen LogP contribution is -2.13. The van der Waals surface area contributed by atoms with Crippen LogP contribution >= 0.6 is 22.9 Å². The van der Waals surface area contributed by atoms with E-state index in [1.54, 1.807) is 23.7 Å². The number of halogens is 1. The van der Waals surface area contributed by atoms with Crippen LogP contribution in [-0.4, -0.2) is 19.1 Å². The zero-order chi connectivity index (χ0) is 17.4. The molecular weight excluding hydrogens is 358 g/mol. The summed E-state index contributed by atoms with van der Waals surface area (Å²) in [4.78, 5) is 21.2. The summed E-state index contributed by atoms with van der Waals surface area (Å²) in [5.41, 5.74) is 1.93. The molecule has 0 unspecified atom stereocenters. The Kier molecular flexibility index (Phi) is 3.84. The summed E-state index contributed by atoms with van der Waals surface area (Å²) in [6.45, 7) is 0.519. The molecule has 0 aromatic carbocycles. The molecule has 0 aliphatic carbocycles. The fourth-order valence-electron chi connectivity index (χ4n) is 2.65. The maximum Gasteiger partial charge on any atom is 0.354 e. The SMILES string of the molecule is N#Cc1cc(-n2c3cccn(Cc4ccc(Cl)nc4)c-3nc2=O)cs1. The zero-order valence-electron chi connectivity index (χ0n) is 12.8. The van der Waals surface area contributed by atoms with Gasteiger partial charge in [0.1, 0.15) is 16.1 Å². The third-order valence-electron chi connectivity index (χ3n) is 3.75. The normalized spacial score (nSPS) is 10.9. The quantitative estimate of drug-likeness (QED) is 0.521. The average Bonchev–Trinajstić information content (AvgIpc) is 3.20. The van der Waals surface area contributed by atoms with Crippen molar-refractivity contribution >= 4 is 22.9 Å². The number of hydrogen-bond acceptors (Lipinski definition) is 5. The van der Waals surface area contributed by atoms with Gasteiger partial charge in [0, 0.05) is 17.8 Å². The smallest absolute Gasteiger partial charge is 0.327 e. The highest BCUT2D eigenvalue weighted by molar-refractivity contribution is 7.10. The first-order valence-corrected chi connectivity index (χ1v) is 8.59.